The Morgan fingerprint density at radius 2 is 1.92 bits per heavy atom. The van der Waals surface area contributed by atoms with Crippen molar-refractivity contribution in [2.75, 3.05) is 11.9 Å². The molecular weight excluding hydrogens is 334 g/mol. The minimum absolute atomic E-state index is 0.00715. The number of carbonyl (C=O) groups is 1. The second-order valence-electron chi connectivity index (χ2n) is 6.34. The van der Waals surface area contributed by atoms with Crippen molar-refractivity contribution in [3.05, 3.63) is 58.6 Å². The molecule has 0 aliphatic carbocycles. The van der Waals surface area contributed by atoms with Crippen LogP contribution in [-0.4, -0.2) is 12.5 Å². The molecule has 0 aliphatic rings. The topological polar surface area (TPSA) is 38.3 Å². The highest BCUT2D eigenvalue weighted by Gasteiger charge is 2.06. The second-order valence-corrected chi connectivity index (χ2v) is 6.78. The molecule has 0 heterocycles. The average Bonchev–Trinajstić information content (AvgIpc) is 2.60. The molecule has 134 valence electrons. The van der Waals surface area contributed by atoms with Crippen LogP contribution in [-0.2, 0) is 4.79 Å². The zero-order chi connectivity index (χ0) is 18.2. The van der Waals surface area contributed by atoms with Gasteiger partial charge in [0.15, 0.2) is 0 Å². The zero-order valence-electron chi connectivity index (χ0n) is 15.1. The van der Waals surface area contributed by atoms with E-state index in [2.05, 4.69) is 31.3 Å². The van der Waals surface area contributed by atoms with Crippen LogP contribution in [0.1, 0.15) is 50.2 Å². The summed E-state index contributed by atoms with van der Waals surface area (Å²) in [6.07, 6.45) is 2.21. The number of hydrogen-bond donors (Lipinski definition) is 1. The Morgan fingerprint density at radius 3 is 2.56 bits per heavy atom. The van der Waals surface area contributed by atoms with Gasteiger partial charge in [0.05, 0.1) is 6.61 Å². The fourth-order valence-electron chi connectivity index (χ4n) is 2.54. The molecule has 0 saturated heterocycles. The summed E-state index contributed by atoms with van der Waals surface area (Å²) in [6.45, 7) is 6.84. The molecule has 1 amide bonds. The number of ether oxygens (including phenoxy) is 1. The molecule has 0 aliphatic heterocycles. The van der Waals surface area contributed by atoms with Crippen LogP contribution in [0.25, 0.3) is 0 Å². The van der Waals surface area contributed by atoms with Crippen LogP contribution in [0.2, 0.25) is 5.02 Å². The first kappa shape index (κ1) is 19.3. The summed E-state index contributed by atoms with van der Waals surface area (Å²) in [5, 5.41) is 3.63. The third-order valence-corrected chi connectivity index (χ3v) is 4.55. The lowest BCUT2D eigenvalue weighted by Gasteiger charge is -2.11. The van der Waals surface area contributed by atoms with E-state index in [1.54, 1.807) is 6.07 Å². The molecule has 0 saturated carbocycles. The second kappa shape index (κ2) is 9.47. The van der Waals surface area contributed by atoms with Gasteiger partial charge in [-0.2, -0.15) is 0 Å². The molecule has 2 aromatic carbocycles. The van der Waals surface area contributed by atoms with Gasteiger partial charge in [-0.1, -0.05) is 37.6 Å². The van der Waals surface area contributed by atoms with E-state index in [9.17, 15) is 4.79 Å². The maximum atomic E-state index is 12.0. The zero-order valence-corrected chi connectivity index (χ0v) is 15.9. The number of amides is 1. The third kappa shape index (κ3) is 6.09. The fourth-order valence-corrected chi connectivity index (χ4v) is 2.77. The van der Waals surface area contributed by atoms with Crippen LogP contribution >= 0.6 is 11.6 Å². The Labute approximate surface area is 155 Å². The number of rotatable bonds is 8. The first-order valence-electron chi connectivity index (χ1n) is 8.78. The normalized spacial score (nSPS) is 11.8. The molecule has 25 heavy (non-hydrogen) atoms. The van der Waals surface area contributed by atoms with Gasteiger partial charge in [-0.25, -0.2) is 0 Å². The number of hydrogen-bond acceptors (Lipinski definition) is 2. The first-order chi connectivity index (χ1) is 12.0. The number of halogens is 1. The smallest absolute Gasteiger partial charge is 0.224 e. The Hall–Kier alpha value is -2.00. The van der Waals surface area contributed by atoms with Gasteiger partial charge in [-0.15, -0.1) is 0 Å². The van der Waals surface area contributed by atoms with E-state index in [-0.39, 0.29) is 5.91 Å². The molecule has 4 heteroatoms. The van der Waals surface area contributed by atoms with Gasteiger partial charge >= 0.3 is 0 Å². The summed E-state index contributed by atoms with van der Waals surface area (Å²) in [4.78, 5) is 12.0. The number of anilines is 1. The van der Waals surface area contributed by atoms with Crippen molar-refractivity contribution in [2.45, 2.75) is 46.0 Å². The molecule has 0 spiro atoms. The van der Waals surface area contributed by atoms with Crippen molar-refractivity contribution in [2.24, 2.45) is 0 Å². The Balaban J connectivity index is 1.73. The minimum atomic E-state index is 0.00715. The predicted molar refractivity (Wildman–Crippen MR) is 105 cm³/mol. The van der Waals surface area contributed by atoms with Gasteiger partial charge in [0.1, 0.15) is 5.75 Å². The fraction of sp³-hybridized carbons (Fsp3) is 0.381. The van der Waals surface area contributed by atoms with Gasteiger partial charge in [-0.05, 0) is 67.1 Å². The van der Waals surface area contributed by atoms with Crippen LogP contribution in [0, 0.1) is 6.92 Å². The van der Waals surface area contributed by atoms with Crippen molar-refractivity contribution < 1.29 is 9.53 Å². The van der Waals surface area contributed by atoms with Gasteiger partial charge in [-0.3, -0.25) is 4.79 Å². The van der Waals surface area contributed by atoms with Gasteiger partial charge < -0.3 is 10.1 Å². The highest BCUT2D eigenvalue weighted by molar-refractivity contribution is 6.30. The number of nitrogens with one attached hydrogen (secondary N) is 1. The molecule has 1 unspecified atom stereocenters. The van der Waals surface area contributed by atoms with E-state index in [1.807, 2.05) is 31.2 Å². The average molecular weight is 360 g/mol. The van der Waals surface area contributed by atoms with Crippen LogP contribution in [0.15, 0.2) is 42.5 Å². The maximum Gasteiger partial charge on any atom is 0.224 e. The summed E-state index contributed by atoms with van der Waals surface area (Å²) in [5.41, 5.74) is 3.14. The molecular formula is C21H26ClNO2. The monoisotopic (exact) mass is 359 g/mol. The standard InChI is InChI=1S/C21H26ClNO2/c1-4-15(2)17-7-10-19(11-8-17)23-21(24)6-5-13-25-20-12-9-18(22)14-16(20)3/h7-12,14-15H,4-6,13H2,1-3H3,(H,23,24). The Kier molecular flexibility index (Phi) is 7.32. The van der Waals surface area contributed by atoms with E-state index in [4.69, 9.17) is 16.3 Å². The lowest BCUT2D eigenvalue weighted by molar-refractivity contribution is -0.116. The van der Waals surface area contributed by atoms with Crippen LogP contribution in [0.3, 0.4) is 0 Å². The molecule has 2 rings (SSSR count). The van der Waals surface area contributed by atoms with E-state index >= 15 is 0 Å². The summed E-state index contributed by atoms with van der Waals surface area (Å²) in [7, 11) is 0. The van der Waals surface area contributed by atoms with Crippen LogP contribution in [0.4, 0.5) is 5.69 Å². The highest BCUT2D eigenvalue weighted by Crippen LogP contribution is 2.22. The summed E-state index contributed by atoms with van der Waals surface area (Å²) in [5.74, 6) is 1.36. The molecule has 0 fully saturated rings. The molecule has 1 N–H and O–H groups in total. The molecule has 0 bridgehead atoms. The molecule has 0 aromatic heterocycles. The largest absolute Gasteiger partial charge is 0.493 e. The third-order valence-electron chi connectivity index (χ3n) is 4.32. The number of carbonyl (C=O) groups excluding carboxylic acids is 1. The number of aryl methyl sites for hydroxylation is 1. The quantitative estimate of drug-likeness (QED) is 0.590. The first-order valence-corrected chi connectivity index (χ1v) is 9.16. The molecule has 3 nitrogen and oxygen atoms in total. The lowest BCUT2D eigenvalue weighted by atomic mass is 9.99. The van der Waals surface area contributed by atoms with E-state index < -0.39 is 0 Å². The number of benzene rings is 2. The van der Waals surface area contributed by atoms with Gasteiger partial charge in [0.25, 0.3) is 0 Å². The summed E-state index contributed by atoms with van der Waals surface area (Å²) >= 11 is 5.92. The molecule has 1 atom stereocenters. The van der Waals surface area contributed by atoms with E-state index in [1.165, 1.54) is 5.56 Å². The van der Waals surface area contributed by atoms with E-state index in [0.717, 1.165) is 23.4 Å². The van der Waals surface area contributed by atoms with Crippen molar-refractivity contribution in [1.29, 1.82) is 0 Å². The minimum Gasteiger partial charge on any atom is -0.493 e. The molecule has 2 aromatic rings. The van der Waals surface area contributed by atoms with Crippen molar-refractivity contribution in [3.8, 4) is 5.75 Å². The summed E-state index contributed by atoms with van der Waals surface area (Å²) in [6, 6.07) is 13.6. The molecule has 0 radical (unpaired) electrons. The highest BCUT2D eigenvalue weighted by atomic mass is 35.5. The van der Waals surface area contributed by atoms with Crippen LogP contribution < -0.4 is 10.1 Å². The van der Waals surface area contributed by atoms with E-state index in [0.29, 0.717) is 30.4 Å². The Bertz CT molecular complexity index is 698. The van der Waals surface area contributed by atoms with Gasteiger partial charge in [0.2, 0.25) is 5.91 Å². The lowest BCUT2D eigenvalue weighted by Crippen LogP contribution is -2.13. The summed E-state index contributed by atoms with van der Waals surface area (Å²) < 4.78 is 5.71. The Morgan fingerprint density at radius 1 is 1.20 bits per heavy atom. The van der Waals surface area contributed by atoms with Gasteiger partial charge in [0, 0.05) is 17.1 Å². The van der Waals surface area contributed by atoms with Crippen molar-refractivity contribution in [3.63, 3.8) is 0 Å². The van der Waals surface area contributed by atoms with Crippen LogP contribution in [0.5, 0.6) is 5.75 Å². The SMILES string of the molecule is CCC(C)c1ccc(NC(=O)CCCOc2ccc(Cl)cc2C)cc1. The van der Waals surface area contributed by atoms with Crippen molar-refractivity contribution >= 4 is 23.2 Å². The predicted octanol–water partition coefficient (Wildman–Crippen LogP) is 5.96. The maximum absolute atomic E-state index is 12.0. The van der Waals surface area contributed by atoms with Crippen molar-refractivity contribution in [1.82, 2.24) is 0 Å².